The summed E-state index contributed by atoms with van der Waals surface area (Å²) in [5.41, 5.74) is 0.810. The molecule has 0 aliphatic heterocycles. The Bertz CT molecular complexity index is 292. The minimum atomic E-state index is 0.810. The molecule has 0 aliphatic carbocycles. The van der Waals surface area contributed by atoms with Gasteiger partial charge in [0.15, 0.2) is 5.65 Å². The van der Waals surface area contributed by atoms with Crippen molar-refractivity contribution in [2.24, 2.45) is 0 Å². The minimum Gasteiger partial charge on any atom is -0.237 e. The maximum atomic E-state index is 4.07. The molecule has 0 unspecified atom stereocenters. The van der Waals surface area contributed by atoms with Crippen LogP contribution < -0.4 is 0 Å². The molecule has 0 aromatic carbocycles. The van der Waals surface area contributed by atoms with E-state index in [1.54, 1.807) is 12.4 Å². The van der Waals surface area contributed by atoms with E-state index in [0.29, 0.717) is 0 Å². The normalized spacial score (nSPS) is 9.08. The van der Waals surface area contributed by atoms with Crippen LogP contribution in [0.5, 0.6) is 0 Å². The molecule has 0 radical (unpaired) electrons. The summed E-state index contributed by atoms with van der Waals surface area (Å²) in [7, 11) is 0. The molecule has 2 heteroatoms. The van der Waals surface area contributed by atoms with Crippen LogP contribution in [0.15, 0.2) is 36.7 Å². The third-order valence-corrected chi connectivity index (χ3v) is 1.38. The predicted molar refractivity (Wildman–Crippen MR) is 55.5 cm³/mol. The standard InChI is InChI=1S/C8H6N2.C3H8/c1-3-7-4-2-6-10-8(7)9-5-1;1-3-2/h1-6H;3H2,1-2H3. The molecule has 0 saturated carbocycles. The highest BCUT2D eigenvalue weighted by molar-refractivity contribution is 5.73. The molecule has 68 valence electrons. The van der Waals surface area contributed by atoms with Crippen molar-refractivity contribution >= 4 is 11.0 Å². The first kappa shape index (κ1) is 9.65. The molecule has 0 aliphatic rings. The Morgan fingerprint density at radius 2 is 1.46 bits per heavy atom. The van der Waals surface area contributed by atoms with Crippen LogP contribution in [-0.4, -0.2) is 9.97 Å². The van der Waals surface area contributed by atoms with Gasteiger partial charge in [0.2, 0.25) is 0 Å². The summed E-state index contributed by atoms with van der Waals surface area (Å²) >= 11 is 0. The summed E-state index contributed by atoms with van der Waals surface area (Å²) in [4.78, 5) is 8.14. The van der Waals surface area contributed by atoms with Gasteiger partial charge >= 0.3 is 0 Å². The number of hydrogen-bond donors (Lipinski definition) is 0. The van der Waals surface area contributed by atoms with Gasteiger partial charge in [-0.05, 0) is 24.3 Å². The molecule has 0 amide bonds. The smallest absolute Gasteiger partial charge is 0.159 e. The maximum absolute atomic E-state index is 4.07. The molecule has 2 nitrogen and oxygen atoms in total. The van der Waals surface area contributed by atoms with Crippen LogP contribution in [0.4, 0.5) is 0 Å². The number of nitrogens with zero attached hydrogens (tertiary/aromatic N) is 2. The van der Waals surface area contributed by atoms with E-state index in [1.807, 2.05) is 24.3 Å². The topological polar surface area (TPSA) is 25.8 Å². The zero-order chi connectivity index (χ0) is 9.52. The van der Waals surface area contributed by atoms with Gasteiger partial charge < -0.3 is 0 Å². The summed E-state index contributed by atoms with van der Waals surface area (Å²) in [6.45, 7) is 4.25. The Morgan fingerprint density at radius 1 is 1.00 bits per heavy atom. The van der Waals surface area contributed by atoms with Crippen LogP contribution in [0.25, 0.3) is 11.0 Å². The lowest BCUT2D eigenvalue weighted by Crippen LogP contribution is -1.78. The molecule has 2 rings (SSSR count). The van der Waals surface area contributed by atoms with E-state index >= 15 is 0 Å². The second-order valence-corrected chi connectivity index (χ2v) is 2.76. The Hall–Kier alpha value is -1.44. The van der Waals surface area contributed by atoms with E-state index in [2.05, 4.69) is 23.8 Å². The van der Waals surface area contributed by atoms with E-state index in [-0.39, 0.29) is 0 Å². The first-order chi connectivity index (χ1) is 6.38. The summed E-state index contributed by atoms with van der Waals surface area (Å²) in [6, 6.07) is 7.80. The Balaban J connectivity index is 0.000000251. The molecule has 0 N–H and O–H groups in total. The van der Waals surface area contributed by atoms with Crippen molar-refractivity contribution < 1.29 is 0 Å². The average Bonchev–Trinajstić information content (AvgIpc) is 2.19. The van der Waals surface area contributed by atoms with Gasteiger partial charge in [-0.2, -0.15) is 0 Å². The van der Waals surface area contributed by atoms with Crippen LogP contribution in [0.3, 0.4) is 0 Å². The fourth-order valence-corrected chi connectivity index (χ4v) is 0.908. The van der Waals surface area contributed by atoms with Gasteiger partial charge in [-0.15, -0.1) is 0 Å². The van der Waals surface area contributed by atoms with Crippen molar-refractivity contribution in [2.45, 2.75) is 20.3 Å². The molecule has 2 aromatic heterocycles. The van der Waals surface area contributed by atoms with E-state index in [9.17, 15) is 0 Å². The number of hydrogen-bond acceptors (Lipinski definition) is 2. The lowest BCUT2D eigenvalue weighted by atomic mass is 10.3. The molecular formula is C11H14N2. The third-order valence-electron chi connectivity index (χ3n) is 1.38. The average molecular weight is 174 g/mol. The highest BCUT2D eigenvalue weighted by atomic mass is 14.8. The fourth-order valence-electron chi connectivity index (χ4n) is 0.908. The van der Waals surface area contributed by atoms with Gasteiger partial charge in [0.05, 0.1) is 0 Å². The molecule has 0 bridgehead atoms. The largest absolute Gasteiger partial charge is 0.237 e. The minimum absolute atomic E-state index is 0.810. The van der Waals surface area contributed by atoms with E-state index in [0.717, 1.165) is 11.0 Å². The van der Waals surface area contributed by atoms with Gasteiger partial charge in [-0.3, -0.25) is 0 Å². The van der Waals surface area contributed by atoms with E-state index in [1.165, 1.54) is 6.42 Å². The first-order valence-corrected chi connectivity index (χ1v) is 4.54. The zero-order valence-electron chi connectivity index (χ0n) is 8.07. The third kappa shape index (κ3) is 2.82. The number of rotatable bonds is 0. The second kappa shape index (κ2) is 5.25. The molecule has 0 fully saturated rings. The van der Waals surface area contributed by atoms with Crippen molar-refractivity contribution in [1.29, 1.82) is 0 Å². The highest BCUT2D eigenvalue weighted by Crippen LogP contribution is 2.04. The lowest BCUT2D eigenvalue weighted by Gasteiger charge is -1.90. The van der Waals surface area contributed by atoms with Crippen molar-refractivity contribution in [3.63, 3.8) is 0 Å². The predicted octanol–water partition coefficient (Wildman–Crippen LogP) is 3.05. The van der Waals surface area contributed by atoms with Gasteiger partial charge in [0.1, 0.15) is 0 Å². The Kier molecular flexibility index (Phi) is 3.89. The van der Waals surface area contributed by atoms with Crippen LogP contribution in [0.1, 0.15) is 20.3 Å². The molecular weight excluding hydrogens is 160 g/mol. The summed E-state index contributed by atoms with van der Waals surface area (Å²) in [6.07, 6.45) is 4.74. The SMILES string of the molecule is CCC.c1cnc2ncccc2c1. The quantitative estimate of drug-likeness (QED) is 0.613. The van der Waals surface area contributed by atoms with E-state index < -0.39 is 0 Å². The van der Waals surface area contributed by atoms with Crippen molar-refractivity contribution in [3.05, 3.63) is 36.7 Å². The second-order valence-electron chi connectivity index (χ2n) is 2.76. The van der Waals surface area contributed by atoms with Crippen LogP contribution in [-0.2, 0) is 0 Å². The first-order valence-electron chi connectivity index (χ1n) is 4.54. The molecule has 0 spiro atoms. The summed E-state index contributed by atoms with van der Waals surface area (Å²) < 4.78 is 0. The van der Waals surface area contributed by atoms with Gasteiger partial charge in [-0.25, -0.2) is 9.97 Å². The number of pyridine rings is 2. The summed E-state index contributed by atoms with van der Waals surface area (Å²) in [5, 5.41) is 1.09. The monoisotopic (exact) mass is 174 g/mol. The van der Waals surface area contributed by atoms with Gasteiger partial charge in [-0.1, -0.05) is 20.3 Å². The number of aromatic nitrogens is 2. The maximum Gasteiger partial charge on any atom is 0.159 e. The molecule has 2 aromatic rings. The number of fused-ring (bicyclic) bond motifs is 1. The van der Waals surface area contributed by atoms with E-state index in [4.69, 9.17) is 0 Å². The van der Waals surface area contributed by atoms with Crippen LogP contribution in [0.2, 0.25) is 0 Å². The molecule has 0 atom stereocenters. The highest BCUT2D eigenvalue weighted by Gasteiger charge is 1.88. The molecule has 2 heterocycles. The Morgan fingerprint density at radius 3 is 1.85 bits per heavy atom. The van der Waals surface area contributed by atoms with Crippen molar-refractivity contribution in [3.8, 4) is 0 Å². The molecule has 13 heavy (non-hydrogen) atoms. The van der Waals surface area contributed by atoms with Crippen molar-refractivity contribution in [1.82, 2.24) is 9.97 Å². The lowest BCUT2D eigenvalue weighted by molar-refractivity contribution is 1.09. The van der Waals surface area contributed by atoms with Crippen LogP contribution >= 0.6 is 0 Å². The fraction of sp³-hybridized carbons (Fsp3) is 0.273. The Labute approximate surface area is 78.7 Å². The van der Waals surface area contributed by atoms with Crippen molar-refractivity contribution in [2.75, 3.05) is 0 Å². The molecule has 0 saturated heterocycles. The zero-order valence-corrected chi connectivity index (χ0v) is 8.07. The van der Waals surface area contributed by atoms with Gasteiger partial charge in [0, 0.05) is 17.8 Å². The van der Waals surface area contributed by atoms with Gasteiger partial charge in [0.25, 0.3) is 0 Å². The van der Waals surface area contributed by atoms with Crippen LogP contribution in [0, 0.1) is 0 Å². The summed E-state index contributed by atoms with van der Waals surface area (Å²) in [5.74, 6) is 0.